The van der Waals surface area contributed by atoms with E-state index in [-0.39, 0.29) is 5.76 Å². The van der Waals surface area contributed by atoms with E-state index in [0.717, 1.165) is 0 Å². The molecule has 1 heterocycles. The van der Waals surface area contributed by atoms with Gasteiger partial charge in [0.1, 0.15) is 11.0 Å². The van der Waals surface area contributed by atoms with E-state index in [0.29, 0.717) is 21.2 Å². The number of hydrogen-bond acceptors (Lipinski definition) is 4. The van der Waals surface area contributed by atoms with E-state index in [9.17, 15) is 13.2 Å². The van der Waals surface area contributed by atoms with Crippen LogP contribution in [0.2, 0.25) is 10.0 Å². The number of ketones is 1. The third kappa shape index (κ3) is 4.18. The lowest BCUT2D eigenvalue weighted by Gasteiger charge is -2.18. The van der Waals surface area contributed by atoms with E-state index in [1.54, 1.807) is 48.5 Å². The average molecular weight is 409 g/mol. The second kappa shape index (κ2) is 7.66. The fraction of sp³-hybridized carbons (Fsp3) is 0.105. The molecule has 0 radical (unpaired) electrons. The molecule has 1 aromatic heterocycles. The van der Waals surface area contributed by atoms with Gasteiger partial charge in [0.05, 0.1) is 6.26 Å². The van der Waals surface area contributed by atoms with E-state index < -0.39 is 26.6 Å². The Kier molecular flexibility index (Phi) is 5.51. The van der Waals surface area contributed by atoms with Crippen LogP contribution in [0.5, 0.6) is 0 Å². The van der Waals surface area contributed by atoms with Gasteiger partial charge in [-0.25, -0.2) is 8.42 Å². The molecule has 0 unspecified atom stereocenters. The first-order chi connectivity index (χ1) is 12.4. The molecule has 4 nitrogen and oxygen atoms in total. The lowest BCUT2D eigenvalue weighted by molar-refractivity contribution is 0.0990. The average Bonchev–Trinajstić information content (AvgIpc) is 3.13. The van der Waals surface area contributed by atoms with Crippen LogP contribution in [-0.2, 0) is 9.84 Å². The lowest BCUT2D eigenvalue weighted by Crippen LogP contribution is -2.23. The molecule has 0 N–H and O–H groups in total. The van der Waals surface area contributed by atoms with Gasteiger partial charge in [0.2, 0.25) is 5.78 Å². The maximum absolute atomic E-state index is 13.1. The van der Waals surface area contributed by atoms with E-state index in [2.05, 4.69) is 0 Å². The predicted octanol–water partition coefficient (Wildman–Crippen LogP) is 4.97. The van der Waals surface area contributed by atoms with Crippen molar-refractivity contribution in [2.24, 2.45) is 0 Å². The Morgan fingerprint density at radius 2 is 1.38 bits per heavy atom. The summed E-state index contributed by atoms with van der Waals surface area (Å²) < 4.78 is 31.2. The number of carbonyl (C=O) groups is 1. The van der Waals surface area contributed by atoms with Gasteiger partial charge in [0.25, 0.3) is 0 Å². The number of rotatable bonds is 6. The molecule has 134 valence electrons. The van der Waals surface area contributed by atoms with Crippen molar-refractivity contribution < 1.29 is 17.6 Å². The lowest BCUT2D eigenvalue weighted by atomic mass is 10.0. The topological polar surface area (TPSA) is 64.3 Å². The Bertz CT molecular complexity index is 947. The normalized spacial score (nSPS) is 11.7. The van der Waals surface area contributed by atoms with Crippen LogP contribution in [0.3, 0.4) is 0 Å². The van der Waals surface area contributed by atoms with Crippen molar-refractivity contribution in [3.8, 4) is 0 Å². The molecule has 0 aliphatic rings. The molecule has 3 aromatic rings. The maximum Gasteiger partial charge on any atom is 0.212 e. The third-order valence-corrected chi connectivity index (χ3v) is 6.26. The summed E-state index contributed by atoms with van der Waals surface area (Å²) in [6, 6.07) is 16.0. The van der Waals surface area contributed by atoms with Gasteiger partial charge in [0.15, 0.2) is 15.6 Å². The number of sulfone groups is 1. The van der Waals surface area contributed by atoms with E-state index in [1.807, 2.05) is 0 Å². The summed E-state index contributed by atoms with van der Waals surface area (Å²) in [6.45, 7) is 0. The molecule has 0 aliphatic carbocycles. The highest BCUT2D eigenvalue weighted by molar-refractivity contribution is 7.92. The summed E-state index contributed by atoms with van der Waals surface area (Å²) in [5.74, 6) is -1.25. The van der Waals surface area contributed by atoms with Gasteiger partial charge in [-0.2, -0.15) is 0 Å². The number of Topliss-reactive ketones (excluding diaryl/α,β-unsaturated/α-hetero) is 1. The van der Waals surface area contributed by atoms with E-state index >= 15 is 0 Å². The van der Waals surface area contributed by atoms with Gasteiger partial charge < -0.3 is 4.42 Å². The van der Waals surface area contributed by atoms with Crippen molar-refractivity contribution in [1.29, 1.82) is 0 Å². The first-order valence-corrected chi connectivity index (χ1v) is 10.1. The summed E-state index contributed by atoms with van der Waals surface area (Å²) in [5, 5.41) is -0.0312. The van der Waals surface area contributed by atoms with Crippen LogP contribution in [0.4, 0.5) is 0 Å². The van der Waals surface area contributed by atoms with Crippen molar-refractivity contribution in [3.63, 3.8) is 0 Å². The Hall–Kier alpha value is -2.08. The fourth-order valence-electron chi connectivity index (χ4n) is 2.66. The number of halogens is 2. The van der Waals surface area contributed by atoms with Crippen LogP contribution in [0.15, 0.2) is 71.3 Å². The molecule has 0 saturated carbocycles. The molecule has 26 heavy (non-hydrogen) atoms. The van der Waals surface area contributed by atoms with Gasteiger partial charge in [0, 0.05) is 10.0 Å². The van der Waals surface area contributed by atoms with Gasteiger partial charge >= 0.3 is 0 Å². The minimum atomic E-state index is -3.88. The molecule has 2 aromatic carbocycles. The zero-order valence-corrected chi connectivity index (χ0v) is 15.8. The Morgan fingerprint density at radius 3 is 1.81 bits per heavy atom. The van der Waals surface area contributed by atoms with Crippen molar-refractivity contribution in [2.45, 2.75) is 5.25 Å². The van der Waals surface area contributed by atoms with Crippen molar-refractivity contribution in [3.05, 3.63) is 93.9 Å². The van der Waals surface area contributed by atoms with Gasteiger partial charge in [-0.1, -0.05) is 47.5 Å². The zero-order valence-electron chi connectivity index (χ0n) is 13.4. The second-order valence-corrected chi connectivity index (χ2v) is 8.65. The zero-order chi connectivity index (χ0) is 18.7. The largest absolute Gasteiger partial charge is 0.461 e. The molecule has 3 rings (SSSR count). The third-order valence-electron chi connectivity index (χ3n) is 3.83. The number of carbonyl (C=O) groups excluding carboxylic acids is 1. The van der Waals surface area contributed by atoms with Crippen LogP contribution >= 0.6 is 23.2 Å². The minimum absolute atomic E-state index is 0.0135. The molecule has 0 fully saturated rings. The quantitative estimate of drug-likeness (QED) is 0.539. The molecule has 0 spiro atoms. The SMILES string of the molecule is O=C(CS(=O)(=O)C(c1ccc(Cl)cc1)c1ccc(Cl)cc1)c1ccco1. The first kappa shape index (κ1) is 18.7. The Morgan fingerprint density at radius 1 is 0.885 bits per heavy atom. The van der Waals surface area contributed by atoms with Gasteiger partial charge in [-0.3, -0.25) is 4.79 Å². The second-order valence-electron chi connectivity index (χ2n) is 5.69. The molecular formula is C19H14Cl2O4S. The summed E-state index contributed by atoms with van der Waals surface area (Å²) in [7, 11) is -3.88. The van der Waals surface area contributed by atoms with Crippen LogP contribution in [0.1, 0.15) is 26.9 Å². The standard InChI is InChI=1S/C19H14Cl2O4S/c20-15-7-3-13(4-8-15)19(14-5-9-16(21)10-6-14)26(23,24)12-17(22)18-2-1-11-25-18/h1-11,19H,12H2. The fourth-order valence-corrected chi connectivity index (χ4v) is 4.73. The minimum Gasteiger partial charge on any atom is -0.461 e. The number of furan rings is 1. The van der Waals surface area contributed by atoms with E-state index in [1.165, 1.54) is 18.4 Å². The van der Waals surface area contributed by atoms with Crippen molar-refractivity contribution >= 4 is 38.8 Å². The Labute approximate surface area is 161 Å². The number of hydrogen-bond donors (Lipinski definition) is 0. The summed E-state index contributed by atoms with van der Waals surface area (Å²) in [6.07, 6.45) is 1.33. The summed E-state index contributed by atoms with van der Waals surface area (Å²) in [5.41, 5.74) is 1.04. The Balaban J connectivity index is 2.02. The van der Waals surface area contributed by atoms with Gasteiger partial charge in [-0.15, -0.1) is 0 Å². The summed E-state index contributed by atoms with van der Waals surface area (Å²) >= 11 is 11.8. The summed E-state index contributed by atoms with van der Waals surface area (Å²) in [4.78, 5) is 12.3. The van der Waals surface area contributed by atoms with E-state index in [4.69, 9.17) is 27.6 Å². The van der Waals surface area contributed by atoms with Crippen LogP contribution in [0.25, 0.3) is 0 Å². The molecule has 0 atom stereocenters. The number of benzene rings is 2. The smallest absolute Gasteiger partial charge is 0.212 e. The van der Waals surface area contributed by atoms with Crippen molar-refractivity contribution in [2.75, 3.05) is 5.75 Å². The molecule has 0 amide bonds. The maximum atomic E-state index is 13.1. The molecule has 7 heteroatoms. The van der Waals surface area contributed by atoms with Crippen molar-refractivity contribution in [1.82, 2.24) is 0 Å². The highest BCUT2D eigenvalue weighted by atomic mass is 35.5. The van der Waals surface area contributed by atoms with Crippen LogP contribution in [0, 0.1) is 0 Å². The highest BCUT2D eigenvalue weighted by Crippen LogP contribution is 2.32. The molecule has 0 aliphatic heterocycles. The van der Waals surface area contributed by atoms with Crippen LogP contribution < -0.4 is 0 Å². The van der Waals surface area contributed by atoms with Crippen LogP contribution in [-0.4, -0.2) is 20.0 Å². The first-order valence-electron chi connectivity index (χ1n) is 7.66. The van der Waals surface area contributed by atoms with Gasteiger partial charge in [-0.05, 0) is 47.5 Å². The highest BCUT2D eigenvalue weighted by Gasteiger charge is 2.32. The monoisotopic (exact) mass is 408 g/mol. The molecular weight excluding hydrogens is 395 g/mol. The predicted molar refractivity (Wildman–Crippen MR) is 102 cm³/mol. The molecule has 0 saturated heterocycles. The molecule has 0 bridgehead atoms.